The number of methoxy groups -OCH3 is 2. The van der Waals surface area contributed by atoms with Crippen LogP contribution in [0.25, 0.3) is 0 Å². The van der Waals surface area contributed by atoms with Crippen molar-refractivity contribution in [3.8, 4) is 0 Å². The van der Waals surface area contributed by atoms with Crippen LogP contribution in [0.3, 0.4) is 0 Å². The van der Waals surface area contributed by atoms with Gasteiger partial charge in [0.25, 0.3) is 0 Å². The maximum atomic E-state index is 13.9. The second-order valence-corrected chi connectivity index (χ2v) is 17.3. The molecule has 0 spiro atoms. The number of carbonyl (C=O) groups is 2. The van der Waals surface area contributed by atoms with Crippen molar-refractivity contribution >= 4 is 12.1 Å². The van der Waals surface area contributed by atoms with Gasteiger partial charge in [0.05, 0.1) is 49.8 Å². The second-order valence-electron chi connectivity index (χ2n) is 17.3. The smallest absolute Gasteiger partial charge is 0.404 e. The molecule has 18 atom stereocenters. The van der Waals surface area contributed by atoms with E-state index in [-0.39, 0.29) is 36.4 Å². The zero-order chi connectivity index (χ0) is 45.2. The van der Waals surface area contributed by atoms with Crippen LogP contribution in [0.5, 0.6) is 0 Å². The van der Waals surface area contributed by atoms with Crippen LogP contribution in [0, 0.1) is 35.5 Å². The van der Waals surface area contributed by atoms with E-state index in [4.69, 9.17) is 38.9 Å². The third kappa shape index (κ3) is 13.2. The lowest BCUT2D eigenvalue weighted by Crippen LogP contribution is -2.59. The summed E-state index contributed by atoms with van der Waals surface area (Å²) in [5, 5.41) is 57.6. The SMILES string of the molecule is C/C=C/[C@H]1O[C@@](O)([C@@H](C)[C@H](O)[C@H](C)[C@H]2OC(=O)C(OC)=CC(C)=C[C@@H](C)[C@@H](O)[C@@H](C)[C@@H](O)[C@H](C)CC(C)=CC=C[C@@H]2OC)C[C@@H](O[C@H]2C[C@@H](O)[C@H](OC(N)=O)[C@@H](C)O2)[C@@H]1C. The number of hydrogen-bond donors (Lipinski definition) is 6. The van der Waals surface area contributed by atoms with E-state index < -0.39 is 103 Å². The van der Waals surface area contributed by atoms with Gasteiger partial charge in [-0.3, -0.25) is 0 Å². The maximum absolute atomic E-state index is 13.9. The van der Waals surface area contributed by atoms with E-state index in [2.05, 4.69) is 0 Å². The van der Waals surface area contributed by atoms with Gasteiger partial charge in [-0.2, -0.15) is 0 Å². The minimum absolute atomic E-state index is 0.0314. The molecule has 0 aromatic rings. The van der Waals surface area contributed by atoms with E-state index in [0.717, 1.165) is 5.57 Å². The van der Waals surface area contributed by atoms with Gasteiger partial charge < -0.3 is 64.4 Å². The summed E-state index contributed by atoms with van der Waals surface area (Å²) >= 11 is 0. The number of ether oxygens (including phenoxy) is 7. The van der Waals surface area contributed by atoms with Crippen molar-refractivity contribution in [1.82, 2.24) is 0 Å². The number of cyclic esters (lactones) is 1. The molecule has 1 amide bonds. The van der Waals surface area contributed by atoms with Crippen molar-refractivity contribution in [1.29, 1.82) is 0 Å². The molecule has 0 radical (unpaired) electrons. The summed E-state index contributed by atoms with van der Waals surface area (Å²) in [5.74, 6) is -6.06. The number of hydrogen-bond acceptors (Lipinski definition) is 14. The Kier molecular flexibility index (Phi) is 19.5. The molecular formula is C45H73NO14. The lowest BCUT2D eigenvalue weighted by atomic mass is 9.77. The van der Waals surface area contributed by atoms with Gasteiger partial charge >= 0.3 is 12.1 Å². The number of amides is 1. The molecule has 2 saturated heterocycles. The summed E-state index contributed by atoms with van der Waals surface area (Å²) in [7, 11) is 2.80. The first-order chi connectivity index (χ1) is 28.1. The number of rotatable bonds is 10. The van der Waals surface area contributed by atoms with Gasteiger partial charge in [-0.15, -0.1) is 0 Å². The minimum Gasteiger partial charge on any atom is -0.490 e. The van der Waals surface area contributed by atoms with Gasteiger partial charge in [0, 0.05) is 49.5 Å². The highest BCUT2D eigenvalue weighted by atomic mass is 16.7. The standard InChI is InChI=1S/C45H73NO14/c1-13-15-33-27(6)36(57-37-21-32(47)42(31(10)56-37)59-44(46)52)22-45(53,60-33)30(9)40(50)29(8)41-34(54-11)17-14-16-23(2)18-25(4)38(48)28(7)39(49)26(5)19-24(3)20-35(55-12)43(51)58-41/h13-17,19-20,25-34,36-42,47-50,53H,18,21-22H2,1-12H3,(H2,46,52)/b15-13+,17-14?,23-16?,24-19?,35-20?/t25-,26-,27-,28+,29+,30+,31-,32-,33-,34+,36-,37+,38+,39-,40-,41-,42-,45-/m1/s1. The average molecular weight is 852 g/mol. The van der Waals surface area contributed by atoms with Crippen molar-refractivity contribution < 1.29 is 68.3 Å². The largest absolute Gasteiger partial charge is 0.490 e. The molecule has 0 unspecified atom stereocenters. The van der Waals surface area contributed by atoms with Crippen molar-refractivity contribution in [2.45, 2.75) is 162 Å². The summed E-state index contributed by atoms with van der Waals surface area (Å²) in [5.41, 5.74) is 6.76. The molecule has 0 bridgehead atoms. The summed E-state index contributed by atoms with van der Waals surface area (Å²) < 4.78 is 41.3. The predicted octanol–water partition coefficient (Wildman–Crippen LogP) is 4.59. The Balaban J connectivity index is 1.99. The van der Waals surface area contributed by atoms with Crippen LogP contribution in [0.4, 0.5) is 4.79 Å². The number of nitrogens with two attached hydrogens (primary N) is 1. The molecule has 3 aliphatic heterocycles. The summed E-state index contributed by atoms with van der Waals surface area (Å²) in [6, 6.07) is 0. The van der Waals surface area contributed by atoms with Crippen molar-refractivity contribution in [3.63, 3.8) is 0 Å². The summed E-state index contributed by atoms with van der Waals surface area (Å²) in [6.07, 6.45) is 1.54. The lowest BCUT2D eigenvalue weighted by molar-refractivity contribution is -0.338. The molecule has 3 aliphatic rings. The van der Waals surface area contributed by atoms with E-state index in [1.165, 1.54) is 20.3 Å². The van der Waals surface area contributed by atoms with Crippen LogP contribution in [0.15, 0.2) is 59.4 Å². The molecule has 15 nitrogen and oxygen atoms in total. The van der Waals surface area contributed by atoms with Gasteiger partial charge in [-0.05, 0) is 46.1 Å². The molecule has 7 N–H and O–H groups in total. The van der Waals surface area contributed by atoms with Crippen LogP contribution in [0.1, 0.15) is 88.5 Å². The fourth-order valence-corrected chi connectivity index (χ4v) is 8.64. The predicted molar refractivity (Wildman–Crippen MR) is 224 cm³/mol. The maximum Gasteiger partial charge on any atom is 0.404 e. The first kappa shape index (κ1) is 51.2. The van der Waals surface area contributed by atoms with Gasteiger partial charge in [0.1, 0.15) is 12.2 Å². The van der Waals surface area contributed by atoms with Gasteiger partial charge in [0.2, 0.25) is 5.76 Å². The molecule has 342 valence electrons. The van der Waals surface area contributed by atoms with Crippen LogP contribution in [-0.2, 0) is 38.0 Å². The zero-order valence-electron chi connectivity index (χ0n) is 37.5. The number of aliphatic hydroxyl groups excluding tert-OH is 4. The molecule has 0 aliphatic carbocycles. The minimum atomic E-state index is -1.97. The van der Waals surface area contributed by atoms with E-state index in [0.29, 0.717) is 12.0 Å². The van der Waals surface area contributed by atoms with Crippen molar-refractivity contribution in [2.24, 2.45) is 41.2 Å². The molecule has 15 heteroatoms. The quantitative estimate of drug-likeness (QED) is 0.131. The molecular weight excluding hydrogens is 778 g/mol. The summed E-state index contributed by atoms with van der Waals surface area (Å²) in [4.78, 5) is 25.3. The Morgan fingerprint density at radius 1 is 1.05 bits per heavy atom. The Hall–Kier alpha value is -3.12. The van der Waals surface area contributed by atoms with E-state index in [9.17, 15) is 35.1 Å². The van der Waals surface area contributed by atoms with Gasteiger partial charge in [-0.1, -0.05) is 89.1 Å². The Labute approximate surface area is 356 Å². The average Bonchev–Trinajstić information content (AvgIpc) is 3.18. The lowest BCUT2D eigenvalue weighted by Gasteiger charge is -2.49. The number of allylic oxidation sites excluding steroid dienone is 6. The third-order valence-electron chi connectivity index (χ3n) is 12.5. The summed E-state index contributed by atoms with van der Waals surface area (Å²) in [6.45, 7) is 18.0. The molecule has 3 rings (SSSR count). The zero-order valence-corrected chi connectivity index (χ0v) is 37.5. The first-order valence-electron chi connectivity index (χ1n) is 21.1. The monoisotopic (exact) mass is 852 g/mol. The second kappa shape index (κ2) is 22.8. The first-order valence-corrected chi connectivity index (χ1v) is 21.1. The van der Waals surface area contributed by atoms with E-state index in [1.807, 2.05) is 47.6 Å². The highest BCUT2D eigenvalue weighted by Gasteiger charge is 2.52. The van der Waals surface area contributed by atoms with E-state index >= 15 is 0 Å². The molecule has 0 aromatic carbocycles. The molecule has 60 heavy (non-hydrogen) atoms. The van der Waals surface area contributed by atoms with Gasteiger partial charge in [-0.25, -0.2) is 9.59 Å². The highest BCUT2D eigenvalue weighted by molar-refractivity contribution is 5.87. The molecule has 3 heterocycles. The van der Waals surface area contributed by atoms with Crippen molar-refractivity contribution in [3.05, 3.63) is 59.4 Å². The highest BCUT2D eigenvalue weighted by Crippen LogP contribution is 2.42. The molecule has 2 fully saturated rings. The Bertz CT molecular complexity index is 1550. The molecule has 0 aromatic heterocycles. The fraction of sp³-hybridized carbons (Fsp3) is 0.733. The van der Waals surface area contributed by atoms with Crippen LogP contribution < -0.4 is 5.73 Å². The molecule has 0 saturated carbocycles. The topological polar surface area (TPSA) is 226 Å². The normalized spacial score (nSPS) is 39.5. The fourth-order valence-electron chi connectivity index (χ4n) is 8.64. The third-order valence-corrected chi connectivity index (χ3v) is 12.5. The number of primary amides is 1. The number of aliphatic hydroxyl groups is 5. The Morgan fingerprint density at radius 3 is 2.30 bits per heavy atom. The number of carbonyl (C=O) groups excluding carboxylic acids is 2. The van der Waals surface area contributed by atoms with Crippen LogP contribution in [0.2, 0.25) is 0 Å². The van der Waals surface area contributed by atoms with Crippen molar-refractivity contribution in [2.75, 3.05) is 14.2 Å². The van der Waals surface area contributed by atoms with Crippen LogP contribution in [-0.4, -0.2) is 125 Å². The van der Waals surface area contributed by atoms with Gasteiger partial charge in [0.15, 0.2) is 18.2 Å². The Morgan fingerprint density at radius 2 is 1.72 bits per heavy atom. The van der Waals surface area contributed by atoms with E-state index in [1.54, 1.807) is 58.1 Å². The number of esters is 1. The van der Waals surface area contributed by atoms with Crippen LogP contribution >= 0.6 is 0 Å².